The predicted octanol–water partition coefficient (Wildman–Crippen LogP) is 0.852. The molecule has 0 spiro atoms. The molecule has 0 aliphatic carbocycles. The number of carbonyl (C=O) groups excluding carboxylic acids is 2. The third kappa shape index (κ3) is 6.94. The number of amides is 3. The minimum atomic E-state index is -0.319. The Morgan fingerprint density at radius 2 is 2.17 bits per heavy atom. The number of rotatable bonds is 5. The smallest absolute Gasteiger partial charge is 0.317 e. The number of hydrogen-bond donors (Lipinski definition) is 2. The maximum atomic E-state index is 12.8. The van der Waals surface area contributed by atoms with Gasteiger partial charge in [-0.15, -0.1) is 5.10 Å². The van der Waals surface area contributed by atoms with E-state index in [-0.39, 0.29) is 49.3 Å². The molecule has 0 aromatic carbocycles. The Kier molecular flexibility index (Phi) is 9.04. The van der Waals surface area contributed by atoms with Crippen LogP contribution in [0.15, 0.2) is 6.20 Å². The summed E-state index contributed by atoms with van der Waals surface area (Å²) in [7, 11) is 1.73. The third-order valence-electron chi connectivity index (χ3n) is 5.26. The summed E-state index contributed by atoms with van der Waals surface area (Å²) >= 11 is 0. The van der Waals surface area contributed by atoms with Gasteiger partial charge in [0.1, 0.15) is 5.69 Å². The summed E-state index contributed by atoms with van der Waals surface area (Å²) in [6.07, 6.45) is 2.52. The molecule has 2 bridgehead atoms. The van der Waals surface area contributed by atoms with E-state index >= 15 is 0 Å². The summed E-state index contributed by atoms with van der Waals surface area (Å²) in [4.78, 5) is 28.5. The molecule has 3 amide bonds. The summed E-state index contributed by atoms with van der Waals surface area (Å²) < 4.78 is 7.86. The monoisotopic (exact) mass is 424 g/mol. The highest BCUT2D eigenvalue weighted by Crippen LogP contribution is 2.17. The number of hydrogen-bond acceptors (Lipinski definition) is 6. The highest BCUT2D eigenvalue weighted by molar-refractivity contribution is 5.76. The van der Waals surface area contributed by atoms with Crippen LogP contribution in [0.2, 0.25) is 0 Å². The standard InChI is InChI=1S/C20H36N6O4/c1-14(2)21-20(29)24(5)11-18-15(3)9-26(16(4)12-27)19(28)7-6-8-25-10-17(13-30-18)22-23-25/h10,14-16,18,27H,6-9,11-13H2,1-5H3,(H,21,29)/t15-,16+,18-/m0/s1. The molecular formula is C20H36N6O4. The topological polar surface area (TPSA) is 113 Å². The second-order valence-corrected chi connectivity index (χ2v) is 8.47. The number of fused-ring (bicyclic) bond motifs is 2. The molecule has 2 rings (SSSR count). The zero-order valence-electron chi connectivity index (χ0n) is 18.7. The van der Waals surface area contributed by atoms with Gasteiger partial charge >= 0.3 is 6.03 Å². The van der Waals surface area contributed by atoms with Gasteiger partial charge in [0.2, 0.25) is 5.91 Å². The van der Waals surface area contributed by atoms with Crippen molar-refractivity contribution in [1.29, 1.82) is 0 Å². The first kappa shape index (κ1) is 24.1. The molecule has 10 heteroatoms. The van der Waals surface area contributed by atoms with E-state index in [1.54, 1.807) is 21.5 Å². The number of aliphatic hydroxyl groups excluding tert-OH is 1. The van der Waals surface area contributed by atoms with Crippen LogP contribution in [-0.4, -0.2) is 86.8 Å². The van der Waals surface area contributed by atoms with Crippen molar-refractivity contribution in [3.05, 3.63) is 11.9 Å². The van der Waals surface area contributed by atoms with Gasteiger partial charge in [-0.3, -0.25) is 9.48 Å². The second-order valence-electron chi connectivity index (χ2n) is 8.47. The average Bonchev–Trinajstić information content (AvgIpc) is 3.14. The van der Waals surface area contributed by atoms with E-state index in [0.29, 0.717) is 38.2 Å². The van der Waals surface area contributed by atoms with Crippen LogP contribution in [0, 0.1) is 5.92 Å². The molecule has 1 aliphatic rings. The number of likely N-dealkylation sites (N-methyl/N-ethyl adjacent to an activating group) is 1. The number of ether oxygens (including phenoxy) is 1. The fourth-order valence-corrected chi connectivity index (χ4v) is 3.40. The lowest BCUT2D eigenvalue weighted by Gasteiger charge is -2.35. The van der Waals surface area contributed by atoms with Crippen LogP contribution >= 0.6 is 0 Å². The zero-order valence-corrected chi connectivity index (χ0v) is 18.7. The van der Waals surface area contributed by atoms with Crippen LogP contribution in [0.5, 0.6) is 0 Å². The van der Waals surface area contributed by atoms with Crippen molar-refractivity contribution in [2.45, 2.75) is 71.9 Å². The van der Waals surface area contributed by atoms with Crippen molar-refractivity contribution in [3.63, 3.8) is 0 Å². The molecule has 170 valence electrons. The van der Waals surface area contributed by atoms with Crippen LogP contribution in [0.3, 0.4) is 0 Å². The van der Waals surface area contributed by atoms with E-state index in [9.17, 15) is 14.7 Å². The molecule has 0 saturated heterocycles. The predicted molar refractivity (Wildman–Crippen MR) is 112 cm³/mol. The Morgan fingerprint density at radius 1 is 1.43 bits per heavy atom. The van der Waals surface area contributed by atoms with Crippen molar-refractivity contribution in [3.8, 4) is 0 Å². The average molecular weight is 425 g/mol. The largest absolute Gasteiger partial charge is 0.394 e. The van der Waals surface area contributed by atoms with Gasteiger partial charge in [0.25, 0.3) is 0 Å². The summed E-state index contributed by atoms with van der Waals surface area (Å²) in [5.41, 5.74) is 0.715. The van der Waals surface area contributed by atoms with Crippen LogP contribution in [0.25, 0.3) is 0 Å². The number of aryl methyl sites for hydroxylation is 1. The normalized spacial score (nSPS) is 22.1. The van der Waals surface area contributed by atoms with E-state index in [1.165, 1.54) is 0 Å². The van der Waals surface area contributed by atoms with Gasteiger partial charge < -0.3 is 25.0 Å². The van der Waals surface area contributed by atoms with E-state index in [4.69, 9.17) is 4.74 Å². The highest BCUT2D eigenvalue weighted by Gasteiger charge is 2.28. The number of nitrogens with one attached hydrogen (secondary N) is 1. The molecule has 1 aromatic heterocycles. The van der Waals surface area contributed by atoms with Crippen molar-refractivity contribution in [2.24, 2.45) is 5.92 Å². The first-order valence-electron chi connectivity index (χ1n) is 10.6. The zero-order chi connectivity index (χ0) is 22.3. The molecule has 3 atom stereocenters. The van der Waals surface area contributed by atoms with Gasteiger partial charge in [-0.25, -0.2) is 4.79 Å². The Bertz CT molecular complexity index is 695. The molecule has 1 aliphatic heterocycles. The minimum absolute atomic E-state index is 0.00681. The van der Waals surface area contributed by atoms with Gasteiger partial charge in [0, 0.05) is 45.1 Å². The van der Waals surface area contributed by atoms with Crippen LogP contribution < -0.4 is 5.32 Å². The third-order valence-corrected chi connectivity index (χ3v) is 5.26. The number of aliphatic hydroxyl groups is 1. The molecule has 10 nitrogen and oxygen atoms in total. The Labute approximate surface area is 178 Å². The van der Waals surface area contributed by atoms with Crippen LogP contribution in [0.1, 0.15) is 46.2 Å². The van der Waals surface area contributed by atoms with Crippen molar-refractivity contribution >= 4 is 11.9 Å². The summed E-state index contributed by atoms with van der Waals surface area (Å²) in [5.74, 6) is -0.0688. The highest BCUT2D eigenvalue weighted by atomic mass is 16.5. The maximum absolute atomic E-state index is 12.8. The molecule has 2 N–H and O–H groups in total. The first-order valence-corrected chi connectivity index (χ1v) is 10.6. The first-order chi connectivity index (χ1) is 14.2. The number of urea groups is 1. The number of aromatic nitrogens is 3. The number of nitrogens with zero attached hydrogens (tertiary/aromatic N) is 5. The minimum Gasteiger partial charge on any atom is -0.394 e. The Hall–Kier alpha value is -2.20. The fraction of sp³-hybridized carbons (Fsp3) is 0.800. The fourth-order valence-electron chi connectivity index (χ4n) is 3.40. The molecule has 30 heavy (non-hydrogen) atoms. The van der Waals surface area contributed by atoms with Gasteiger partial charge in [0.05, 0.1) is 31.6 Å². The molecule has 1 aromatic rings. The molecular weight excluding hydrogens is 388 g/mol. The Balaban J connectivity index is 2.21. The lowest BCUT2D eigenvalue weighted by molar-refractivity contribution is -0.136. The van der Waals surface area contributed by atoms with Crippen LogP contribution in [0.4, 0.5) is 4.79 Å². The van der Waals surface area contributed by atoms with Gasteiger partial charge in [0.15, 0.2) is 0 Å². The van der Waals surface area contributed by atoms with E-state index < -0.39 is 0 Å². The maximum Gasteiger partial charge on any atom is 0.317 e. The number of carbonyl (C=O) groups is 2. The molecule has 0 unspecified atom stereocenters. The second kappa shape index (κ2) is 11.3. The van der Waals surface area contributed by atoms with E-state index in [1.807, 2.05) is 33.9 Å². The van der Waals surface area contributed by atoms with E-state index in [2.05, 4.69) is 15.6 Å². The van der Waals surface area contributed by atoms with Crippen molar-refractivity contribution < 1.29 is 19.4 Å². The Morgan fingerprint density at radius 3 is 2.83 bits per heavy atom. The summed E-state index contributed by atoms with van der Waals surface area (Å²) in [6.45, 7) is 9.23. The quantitative estimate of drug-likeness (QED) is 0.725. The lowest BCUT2D eigenvalue weighted by Crippen LogP contribution is -2.49. The van der Waals surface area contributed by atoms with E-state index in [0.717, 1.165) is 0 Å². The molecule has 0 radical (unpaired) electrons. The molecule has 2 heterocycles. The van der Waals surface area contributed by atoms with Crippen molar-refractivity contribution in [2.75, 3.05) is 26.7 Å². The lowest BCUT2D eigenvalue weighted by atomic mass is 10.0. The van der Waals surface area contributed by atoms with Crippen molar-refractivity contribution in [1.82, 2.24) is 30.1 Å². The van der Waals surface area contributed by atoms with Crippen LogP contribution in [-0.2, 0) is 22.7 Å². The summed E-state index contributed by atoms with van der Waals surface area (Å²) in [6, 6.07) is -0.427. The summed E-state index contributed by atoms with van der Waals surface area (Å²) in [5, 5.41) is 20.8. The van der Waals surface area contributed by atoms with Gasteiger partial charge in [-0.2, -0.15) is 0 Å². The van der Waals surface area contributed by atoms with Gasteiger partial charge in [-0.1, -0.05) is 12.1 Å². The molecule has 0 fully saturated rings. The molecule has 0 saturated carbocycles. The SMILES string of the molecule is CC(C)NC(=O)N(C)C[C@@H]1OCc2cn(nn2)CCCC(=O)N([C@H](C)CO)C[C@@H]1C. The van der Waals surface area contributed by atoms with Gasteiger partial charge in [-0.05, 0) is 27.2 Å².